The fourth-order valence-electron chi connectivity index (χ4n) is 5.05. The lowest BCUT2D eigenvalue weighted by Crippen LogP contribution is -2.60. The summed E-state index contributed by atoms with van der Waals surface area (Å²) in [5, 5.41) is 10.4. The first-order valence-corrected chi connectivity index (χ1v) is 11.9. The Bertz CT molecular complexity index is 961. The maximum Gasteiger partial charge on any atom is 0.317 e. The average Bonchev–Trinajstić information content (AvgIpc) is 3.34. The SMILES string of the molecule is O=C(NCCc1ccccc1)N1CCC2(CC1)Nc1cccnc1NC2=NC1CCCC1. The number of amides is 2. The molecule has 5 rings (SSSR count). The Balaban J connectivity index is 1.24. The highest BCUT2D eigenvalue weighted by atomic mass is 16.2. The van der Waals surface area contributed by atoms with Crippen LogP contribution in [0.2, 0.25) is 0 Å². The van der Waals surface area contributed by atoms with Crippen molar-refractivity contribution in [3.63, 3.8) is 0 Å². The Morgan fingerprint density at radius 1 is 1.12 bits per heavy atom. The van der Waals surface area contributed by atoms with E-state index in [0.717, 1.165) is 49.4 Å². The van der Waals surface area contributed by atoms with Gasteiger partial charge in [-0.3, -0.25) is 4.99 Å². The van der Waals surface area contributed by atoms with Gasteiger partial charge in [0.25, 0.3) is 0 Å². The summed E-state index contributed by atoms with van der Waals surface area (Å²) in [5.41, 5.74) is 1.99. The molecule has 1 saturated carbocycles. The number of likely N-dealkylation sites (tertiary alicyclic amines) is 1. The molecule has 7 nitrogen and oxygen atoms in total. The standard InChI is InChI=1S/C25H32N6O/c32-24(27-16-12-19-7-2-1-3-8-19)31-17-13-25(14-18-31)23(28-20-9-4-5-10-20)29-22-21(30-25)11-6-15-26-22/h1-3,6-8,11,15,20,30H,4-5,9-10,12-14,16-18H2,(H,27,32)(H,26,28,29). The third-order valence-corrected chi connectivity index (χ3v) is 6.95. The van der Waals surface area contributed by atoms with Crippen molar-refractivity contribution in [2.24, 2.45) is 4.99 Å². The lowest BCUT2D eigenvalue weighted by Gasteiger charge is -2.46. The molecule has 2 fully saturated rings. The maximum absolute atomic E-state index is 12.8. The molecule has 3 N–H and O–H groups in total. The quantitative estimate of drug-likeness (QED) is 0.681. The second kappa shape index (κ2) is 9.18. The number of nitrogens with zero attached hydrogens (tertiary/aromatic N) is 3. The summed E-state index contributed by atoms with van der Waals surface area (Å²) < 4.78 is 0. The van der Waals surface area contributed by atoms with Crippen molar-refractivity contribution in [2.75, 3.05) is 30.3 Å². The number of aliphatic imine (C=N–C) groups is 1. The van der Waals surface area contributed by atoms with Crippen LogP contribution in [-0.2, 0) is 6.42 Å². The Morgan fingerprint density at radius 2 is 1.91 bits per heavy atom. The number of carbonyl (C=O) groups is 1. The van der Waals surface area contributed by atoms with Crippen LogP contribution in [0.3, 0.4) is 0 Å². The van der Waals surface area contributed by atoms with E-state index in [4.69, 9.17) is 4.99 Å². The number of carbonyl (C=O) groups excluding carboxylic acids is 1. The van der Waals surface area contributed by atoms with Crippen molar-refractivity contribution in [3.8, 4) is 0 Å². The van der Waals surface area contributed by atoms with Crippen LogP contribution in [0, 0.1) is 0 Å². The van der Waals surface area contributed by atoms with Crippen LogP contribution in [-0.4, -0.2) is 53.0 Å². The number of rotatable bonds is 4. The number of anilines is 2. The van der Waals surface area contributed by atoms with Crippen LogP contribution < -0.4 is 16.0 Å². The zero-order valence-corrected chi connectivity index (χ0v) is 18.5. The van der Waals surface area contributed by atoms with Gasteiger partial charge in [0, 0.05) is 25.8 Å². The van der Waals surface area contributed by atoms with Gasteiger partial charge in [0.15, 0.2) is 5.82 Å². The van der Waals surface area contributed by atoms with Gasteiger partial charge in [0.05, 0.1) is 17.3 Å². The normalized spacial score (nSPS) is 21.1. The van der Waals surface area contributed by atoms with Crippen molar-refractivity contribution < 1.29 is 4.79 Å². The predicted molar refractivity (Wildman–Crippen MR) is 128 cm³/mol. The Kier molecular flexibility index (Phi) is 5.97. The van der Waals surface area contributed by atoms with Crippen LogP contribution in [0.25, 0.3) is 0 Å². The molecular formula is C25H32N6O. The van der Waals surface area contributed by atoms with Crippen LogP contribution in [0.1, 0.15) is 44.1 Å². The molecule has 2 aliphatic heterocycles. The van der Waals surface area contributed by atoms with E-state index in [-0.39, 0.29) is 11.6 Å². The highest BCUT2D eigenvalue weighted by molar-refractivity contribution is 6.08. The first-order valence-electron chi connectivity index (χ1n) is 11.9. The minimum atomic E-state index is -0.264. The first kappa shape index (κ1) is 20.8. The zero-order chi connectivity index (χ0) is 21.8. The molecule has 32 heavy (non-hydrogen) atoms. The minimum Gasteiger partial charge on any atom is -0.370 e. The maximum atomic E-state index is 12.8. The fourth-order valence-corrected chi connectivity index (χ4v) is 5.05. The summed E-state index contributed by atoms with van der Waals surface area (Å²) in [4.78, 5) is 24.3. The van der Waals surface area contributed by atoms with Crippen LogP contribution in [0.15, 0.2) is 53.7 Å². The lowest BCUT2D eigenvalue weighted by molar-refractivity contribution is 0.177. The van der Waals surface area contributed by atoms with E-state index in [0.29, 0.717) is 25.7 Å². The monoisotopic (exact) mass is 432 g/mol. The van der Waals surface area contributed by atoms with Gasteiger partial charge >= 0.3 is 6.03 Å². The second-order valence-electron chi connectivity index (χ2n) is 9.10. The molecule has 0 atom stereocenters. The van der Waals surface area contributed by atoms with Crippen LogP contribution in [0.4, 0.5) is 16.3 Å². The summed E-state index contributed by atoms with van der Waals surface area (Å²) in [5.74, 6) is 1.84. The van der Waals surface area contributed by atoms with Gasteiger partial charge in [-0.1, -0.05) is 43.2 Å². The number of pyridine rings is 1. The Morgan fingerprint density at radius 3 is 2.69 bits per heavy atom. The summed E-state index contributed by atoms with van der Waals surface area (Å²) in [6, 6.07) is 14.7. The van der Waals surface area contributed by atoms with Gasteiger partial charge in [0.1, 0.15) is 5.84 Å². The predicted octanol–water partition coefficient (Wildman–Crippen LogP) is 4.05. The molecule has 2 aromatic rings. The van der Waals surface area contributed by atoms with Gasteiger partial charge in [-0.25, -0.2) is 9.78 Å². The number of amidine groups is 1. The Hall–Kier alpha value is -3.09. The van der Waals surface area contributed by atoms with Crippen LogP contribution >= 0.6 is 0 Å². The largest absolute Gasteiger partial charge is 0.370 e. The van der Waals surface area contributed by atoms with Gasteiger partial charge < -0.3 is 20.9 Å². The van der Waals surface area contributed by atoms with Crippen molar-refractivity contribution in [1.82, 2.24) is 15.2 Å². The van der Waals surface area contributed by atoms with Gasteiger partial charge in [-0.2, -0.15) is 0 Å². The molecule has 1 aliphatic carbocycles. The molecular weight excluding hydrogens is 400 g/mol. The van der Waals surface area contributed by atoms with Crippen molar-refractivity contribution in [1.29, 1.82) is 0 Å². The summed E-state index contributed by atoms with van der Waals surface area (Å²) in [6.45, 7) is 2.05. The fraction of sp³-hybridized carbons (Fsp3) is 0.480. The smallest absolute Gasteiger partial charge is 0.317 e. The summed E-state index contributed by atoms with van der Waals surface area (Å²) in [6.07, 6.45) is 9.14. The van der Waals surface area contributed by atoms with E-state index >= 15 is 0 Å². The third-order valence-electron chi connectivity index (χ3n) is 6.95. The number of fused-ring (bicyclic) bond motifs is 1. The van der Waals surface area contributed by atoms with Crippen molar-refractivity contribution in [2.45, 2.75) is 56.5 Å². The third kappa shape index (κ3) is 4.42. The number of aromatic nitrogens is 1. The van der Waals surface area contributed by atoms with Gasteiger partial charge in [-0.15, -0.1) is 0 Å². The number of urea groups is 1. The number of piperidine rings is 1. The highest BCUT2D eigenvalue weighted by Crippen LogP contribution is 2.37. The van der Waals surface area contributed by atoms with Gasteiger partial charge in [-0.05, 0) is 49.8 Å². The van der Waals surface area contributed by atoms with E-state index in [2.05, 4.69) is 39.1 Å². The lowest BCUT2D eigenvalue weighted by atomic mass is 9.84. The molecule has 1 aromatic carbocycles. The number of nitrogens with one attached hydrogen (secondary N) is 3. The van der Waals surface area contributed by atoms with Gasteiger partial charge in [0.2, 0.25) is 0 Å². The molecule has 1 spiro atoms. The minimum absolute atomic E-state index is 0.0240. The first-order chi connectivity index (χ1) is 15.7. The van der Waals surface area contributed by atoms with E-state index < -0.39 is 0 Å². The average molecular weight is 433 g/mol. The molecule has 1 aromatic heterocycles. The summed E-state index contributed by atoms with van der Waals surface area (Å²) >= 11 is 0. The van der Waals surface area contributed by atoms with Crippen LogP contribution in [0.5, 0.6) is 0 Å². The topological polar surface area (TPSA) is 81.7 Å². The number of hydrogen-bond acceptors (Lipinski definition) is 4. The highest BCUT2D eigenvalue weighted by Gasteiger charge is 2.44. The molecule has 3 aliphatic rings. The summed E-state index contributed by atoms with van der Waals surface area (Å²) in [7, 11) is 0. The molecule has 1 saturated heterocycles. The zero-order valence-electron chi connectivity index (χ0n) is 18.5. The van der Waals surface area contributed by atoms with E-state index in [1.807, 2.05) is 29.2 Å². The molecule has 7 heteroatoms. The van der Waals surface area contributed by atoms with Crippen molar-refractivity contribution >= 4 is 23.4 Å². The van der Waals surface area contributed by atoms with Crippen molar-refractivity contribution in [3.05, 3.63) is 54.2 Å². The van der Waals surface area contributed by atoms with E-state index in [1.165, 1.54) is 18.4 Å². The number of benzene rings is 1. The Labute approximate surface area is 189 Å². The second-order valence-corrected chi connectivity index (χ2v) is 9.10. The van der Waals surface area contributed by atoms with E-state index in [9.17, 15) is 4.79 Å². The molecule has 0 radical (unpaired) electrons. The molecule has 3 heterocycles. The molecule has 0 unspecified atom stereocenters. The number of hydrogen-bond donors (Lipinski definition) is 3. The van der Waals surface area contributed by atoms with E-state index in [1.54, 1.807) is 6.20 Å². The molecule has 2 amide bonds. The molecule has 168 valence electrons. The molecule has 0 bridgehead atoms.